The van der Waals surface area contributed by atoms with Crippen molar-refractivity contribution < 1.29 is 0 Å². The van der Waals surface area contributed by atoms with Gasteiger partial charge in [-0.25, -0.2) is 0 Å². The van der Waals surface area contributed by atoms with Crippen molar-refractivity contribution in [2.75, 3.05) is 18.1 Å². The van der Waals surface area contributed by atoms with Crippen LogP contribution in [0.5, 0.6) is 0 Å². The van der Waals surface area contributed by atoms with Gasteiger partial charge in [-0.05, 0) is 5.92 Å². The molecular formula is C9H15NS. The average Bonchev–Trinajstić information content (AvgIpc) is 2.04. The lowest BCUT2D eigenvalue weighted by Gasteiger charge is -2.34. The molecule has 1 nitrogen and oxygen atoms in total. The SMILES string of the molecule is C#CN1CCSCC1C(C)C. The summed E-state index contributed by atoms with van der Waals surface area (Å²) < 4.78 is 0. The second kappa shape index (κ2) is 3.92. The lowest BCUT2D eigenvalue weighted by Crippen LogP contribution is -2.42. The first-order valence-corrected chi connectivity index (χ1v) is 5.22. The van der Waals surface area contributed by atoms with Crippen LogP contribution in [0.2, 0.25) is 0 Å². The number of hydrogen-bond acceptors (Lipinski definition) is 2. The molecule has 0 bridgehead atoms. The van der Waals surface area contributed by atoms with E-state index in [-0.39, 0.29) is 0 Å². The molecule has 1 unspecified atom stereocenters. The van der Waals surface area contributed by atoms with Crippen molar-refractivity contribution in [3.63, 3.8) is 0 Å². The minimum Gasteiger partial charge on any atom is -0.328 e. The Hall–Kier alpha value is -0.290. The van der Waals surface area contributed by atoms with Crippen molar-refractivity contribution in [1.82, 2.24) is 4.90 Å². The molecule has 1 heterocycles. The first kappa shape index (κ1) is 8.80. The molecule has 0 aromatic rings. The molecule has 1 aliphatic heterocycles. The molecule has 0 amide bonds. The quantitative estimate of drug-likeness (QED) is 0.549. The van der Waals surface area contributed by atoms with Gasteiger partial charge in [0.1, 0.15) is 0 Å². The Balaban J connectivity index is 2.53. The van der Waals surface area contributed by atoms with E-state index < -0.39 is 0 Å². The van der Waals surface area contributed by atoms with Gasteiger partial charge >= 0.3 is 0 Å². The van der Waals surface area contributed by atoms with E-state index in [0.29, 0.717) is 12.0 Å². The molecule has 1 atom stereocenters. The van der Waals surface area contributed by atoms with E-state index in [2.05, 4.69) is 24.8 Å². The van der Waals surface area contributed by atoms with Crippen LogP contribution in [0, 0.1) is 18.4 Å². The zero-order chi connectivity index (χ0) is 8.27. The van der Waals surface area contributed by atoms with Gasteiger partial charge in [0.05, 0.1) is 0 Å². The molecule has 1 saturated heterocycles. The van der Waals surface area contributed by atoms with Crippen molar-refractivity contribution in [2.24, 2.45) is 5.92 Å². The Morgan fingerprint density at radius 3 is 2.82 bits per heavy atom. The topological polar surface area (TPSA) is 3.24 Å². The Morgan fingerprint density at radius 2 is 2.36 bits per heavy atom. The van der Waals surface area contributed by atoms with Crippen molar-refractivity contribution in [1.29, 1.82) is 0 Å². The summed E-state index contributed by atoms with van der Waals surface area (Å²) in [5, 5.41) is 0. The maximum atomic E-state index is 5.40. The van der Waals surface area contributed by atoms with Gasteiger partial charge in [0.15, 0.2) is 0 Å². The lowest BCUT2D eigenvalue weighted by molar-refractivity contribution is 0.262. The van der Waals surface area contributed by atoms with Crippen LogP contribution in [0.25, 0.3) is 0 Å². The van der Waals surface area contributed by atoms with Crippen molar-refractivity contribution >= 4 is 11.8 Å². The summed E-state index contributed by atoms with van der Waals surface area (Å²) in [6.45, 7) is 5.53. The third-order valence-corrected chi connectivity index (χ3v) is 3.15. The van der Waals surface area contributed by atoms with Gasteiger partial charge < -0.3 is 4.90 Å². The van der Waals surface area contributed by atoms with Gasteiger partial charge in [-0.1, -0.05) is 20.3 Å². The van der Waals surface area contributed by atoms with Crippen molar-refractivity contribution in [2.45, 2.75) is 19.9 Å². The summed E-state index contributed by atoms with van der Waals surface area (Å²) in [6.07, 6.45) is 5.40. The van der Waals surface area contributed by atoms with E-state index in [0.717, 1.165) is 6.54 Å². The highest BCUT2D eigenvalue weighted by Crippen LogP contribution is 2.20. The summed E-state index contributed by atoms with van der Waals surface area (Å²) >= 11 is 2.01. The summed E-state index contributed by atoms with van der Waals surface area (Å²) in [5.74, 6) is 3.06. The van der Waals surface area contributed by atoms with Gasteiger partial charge in [0, 0.05) is 30.1 Å². The summed E-state index contributed by atoms with van der Waals surface area (Å²) in [6, 6.07) is 3.35. The van der Waals surface area contributed by atoms with Crippen LogP contribution in [0.4, 0.5) is 0 Å². The zero-order valence-electron chi connectivity index (χ0n) is 7.21. The fourth-order valence-corrected chi connectivity index (χ4v) is 2.63. The molecule has 62 valence electrons. The van der Waals surface area contributed by atoms with Gasteiger partial charge in [-0.3, -0.25) is 0 Å². The molecule has 0 N–H and O–H groups in total. The molecule has 1 rings (SSSR count). The molecule has 1 fully saturated rings. The smallest absolute Gasteiger partial charge is 0.0485 e. The third kappa shape index (κ3) is 2.07. The fraction of sp³-hybridized carbons (Fsp3) is 0.778. The van der Waals surface area contributed by atoms with E-state index in [9.17, 15) is 0 Å². The molecule has 0 spiro atoms. The monoisotopic (exact) mass is 169 g/mol. The van der Waals surface area contributed by atoms with Crippen LogP contribution in [0.15, 0.2) is 0 Å². The maximum Gasteiger partial charge on any atom is 0.0485 e. The first-order chi connectivity index (χ1) is 5.25. The van der Waals surface area contributed by atoms with Gasteiger partial charge in [-0.15, -0.1) is 0 Å². The molecule has 1 aliphatic rings. The van der Waals surface area contributed by atoms with Crippen LogP contribution in [-0.2, 0) is 0 Å². The highest BCUT2D eigenvalue weighted by atomic mass is 32.2. The van der Waals surface area contributed by atoms with E-state index in [1.54, 1.807) is 0 Å². The van der Waals surface area contributed by atoms with E-state index in [1.165, 1.54) is 11.5 Å². The summed E-state index contributed by atoms with van der Waals surface area (Å²) in [4.78, 5) is 2.14. The normalized spacial score (nSPS) is 25.3. The predicted molar refractivity (Wildman–Crippen MR) is 51.5 cm³/mol. The standard InChI is InChI=1S/C9H15NS/c1-4-10-5-6-11-7-9(10)8(2)3/h1,8-9H,5-7H2,2-3H3. The molecule has 0 aromatic heterocycles. The van der Waals surface area contributed by atoms with Gasteiger partial charge in [-0.2, -0.15) is 11.8 Å². The predicted octanol–water partition coefficient (Wildman–Crippen LogP) is 1.65. The lowest BCUT2D eigenvalue weighted by atomic mass is 10.1. The molecular weight excluding hydrogens is 154 g/mol. The van der Waals surface area contributed by atoms with E-state index in [1.807, 2.05) is 11.8 Å². The van der Waals surface area contributed by atoms with Crippen LogP contribution >= 0.6 is 11.8 Å². The fourth-order valence-electron chi connectivity index (χ4n) is 1.34. The number of rotatable bonds is 1. The molecule has 2 heteroatoms. The van der Waals surface area contributed by atoms with Crippen LogP contribution in [0.1, 0.15) is 13.8 Å². The van der Waals surface area contributed by atoms with Crippen LogP contribution < -0.4 is 0 Å². The minimum absolute atomic E-state index is 0.596. The van der Waals surface area contributed by atoms with Crippen LogP contribution in [0.3, 0.4) is 0 Å². The Labute approximate surface area is 73.5 Å². The number of nitrogens with zero attached hydrogens (tertiary/aromatic N) is 1. The Morgan fingerprint density at radius 1 is 1.64 bits per heavy atom. The largest absolute Gasteiger partial charge is 0.328 e. The summed E-state index contributed by atoms with van der Waals surface area (Å²) in [7, 11) is 0. The maximum absolute atomic E-state index is 5.40. The molecule has 11 heavy (non-hydrogen) atoms. The molecule has 0 saturated carbocycles. The average molecular weight is 169 g/mol. The minimum atomic E-state index is 0.596. The Kier molecular flexibility index (Phi) is 3.14. The highest BCUT2D eigenvalue weighted by molar-refractivity contribution is 7.99. The Bertz CT molecular complexity index is 159. The molecule has 0 radical (unpaired) electrons. The number of thioether (sulfide) groups is 1. The zero-order valence-corrected chi connectivity index (χ0v) is 8.03. The van der Waals surface area contributed by atoms with Crippen molar-refractivity contribution in [3.8, 4) is 12.5 Å². The second-order valence-corrected chi connectivity index (χ2v) is 4.36. The number of hydrogen-bond donors (Lipinski definition) is 0. The summed E-state index contributed by atoms with van der Waals surface area (Å²) in [5.41, 5.74) is 0. The first-order valence-electron chi connectivity index (χ1n) is 4.06. The highest BCUT2D eigenvalue weighted by Gasteiger charge is 2.22. The van der Waals surface area contributed by atoms with Crippen molar-refractivity contribution in [3.05, 3.63) is 0 Å². The van der Waals surface area contributed by atoms with Gasteiger partial charge in [0.25, 0.3) is 0 Å². The van der Waals surface area contributed by atoms with E-state index in [4.69, 9.17) is 6.42 Å². The van der Waals surface area contributed by atoms with E-state index >= 15 is 0 Å². The second-order valence-electron chi connectivity index (χ2n) is 3.21. The molecule has 0 aliphatic carbocycles. The third-order valence-electron chi connectivity index (χ3n) is 2.10. The van der Waals surface area contributed by atoms with Gasteiger partial charge in [0.2, 0.25) is 0 Å². The van der Waals surface area contributed by atoms with Crippen LogP contribution in [-0.4, -0.2) is 29.0 Å². The molecule has 0 aromatic carbocycles. The number of terminal acetylenes is 1.